The molecule has 2 aromatic rings. The number of carbonyl (C=O) groups excluding carboxylic acids is 1. The first-order chi connectivity index (χ1) is 16.5. The van der Waals surface area contributed by atoms with Crippen LogP contribution in [0.4, 0.5) is 31.1 Å². The summed E-state index contributed by atoms with van der Waals surface area (Å²) in [6, 6.07) is -1.24. The van der Waals surface area contributed by atoms with Crippen LogP contribution < -0.4 is 11.1 Å². The van der Waals surface area contributed by atoms with Gasteiger partial charge in [0.2, 0.25) is 0 Å². The van der Waals surface area contributed by atoms with Crippen molar-refractivity contribution in [2.45, 2.75) is 69.4 Å². The van der Waals surface area contributed by atoms with Gasteiger partial charge in [0.1, 0.15) is 11.9 Å². The molecule has 1 aliphatic carbocycles. The zero-order valence-electron chi connectivity index (χ0n) is 20.2. The van der Waals surface area contributed by atoms with E-state index >= 15 is 0 Å². The second-order valence-electron chi connectivity index (χ2n) is 8.65. The number of aromatic nitrogens is 2. The molecule has 4 rings (SSSR count). The third-order valence-electron chi connectivity index (χ3n) is 6.00. The number of aromatic amines is 1. The normalized spacial score (nSPS) is 25.5. The van der Waals surface area contributed by atoms with Gasteiger partial charge in [0.25, 0.3) is 0 Å². The lowest BCUT2D eigenvalue weighted by Gasteiger charge is -2.27. The molecule has 7 nitrogen and oxygen atoms in total. The first-order valence-corrected chi connectivity index (χ1v) is 10.7. The van der Waals surface area contributed by atoms with Gasteiger partial charge in [-0.15, -0.1) is 0 Å². The van der Waals surface area contributed by atoms with Crippen molar-refractivity contribution in [1.82, 2.24) is 20.2 Å². The van der Waals surface area contributed by atoms with Crippen LogP contribution in [0.3, 0.4) is 0 Å². The number of halogens is 6. The molecule has 0 bridgehead atoms. The second-order valence-corrected chi connectivity index (χ2v) is 8.65. The SMILES string of the molecule is [2H]C1([2H])C(C(F)(F)F)NC(=O)N1[C@@H](c1ccc2[nH]c([C@@H](N)[C@@H](C)O[C@H](C)C(F)(F)F)nc2c1)C1CC1. The van der Waals surface area contributed by atoms with E-state index in [4.69, 9.17) is 13.2 Å². The number of nitrogens with two attached hydrogens (primary N) is 1. The minimum absolute atomic E-state index is 0.137. The lowest BCUT2D eigenvalue weighted by atomic mass is 10.00. The number of hydrogen-bond donors (Lipinski definition) is 3. The highest BCUT2D eigenvalue weighted by Crippen LogP contribution is 2.46. The van der Waals surface area contributed by atoms with E-state index in [1.807, 2.05) is 0 Å². The van der Waals surface area contributed by atoms with Crippen molar-refractivity contribution in [1.29, 1.82) is 0 Å². The quantitative estimate of drug-likeness (QED) is 0.499. The van der Waals surface area contributed by atoms with E-state index in [1.54, 1.807) is 17.4 Å². The van der Waals surface area contributed by atoms with Gasteiger partial charge in [-0.25, -0.2) is 9.78 Å². The third-order valence-corrected chi connectivity index (χ3v) is 6.00. The molecule has 4 N–H and O–H groups in total. The Hall–Kier alpha value is -2.54. The lowest BCUT2D eigenvalue weighted by Crippen LogP contribution is -2.40. The summed E-state index contributed by atoms with van der Waals surface area (Å²) in [5.74, 6) is -0.105. The average molecular weight is 495 g/mol. The highest BCUT2D eigenvalue weighted by Gasteiger charge is 2.50. The van der Waals surface area contributed by atoms with Crippen molar-refractivity contribution in [2.24, 2.45) is 11.7 Å². The standard InChI is InChI=1S/C21H25F6N5O2/c1-9(34-10(2)20(22,23)24)16(28)18-29-13-6-5-12(7-14(13)30-18)17(11-3-4-11)32-8-15(21(25,26)27)31-19(32)33/h5-7,9-11,15-17H,3-4,8,28H2,1-2H3,(H,29,30)(H,31,33)/t9-,10-,15?,16+,17-/m1/s1/i8D2. The molecular weight excluding hydrogens is 468 g/mol. The number of benzene rings is 1. The Labute approximate surface area is 193 Å². The minimum atomic E-state index is -4.98. The number of amides is 2. The number of fused-ring (bicyclic) bond motifs is 1. The van der Waals surface area contributed by atoms with Crippen LogP contribution in [0.2, 0.25) is 0 Å². The molecule has 1 unspecified atom stereocenters. The van der Waals surface area contributed by atoms with Crippen molar-refractivity contribution in [3.63, 3.8) is 0 Å². The number of imidazole rings is 1. The molecular formula is C21H25F6N5O2. The number of hydrogen-bond acceptors (Lipinski definition) is 4. The minimum Gasteiger partial charge on any atom is -0.364 e. The Morgan fingerprint density at radius 1 is 1.24 bits per heavy atom. The Balaban J connectivity index is 1.62. The molecule has 2 fully saturated rings. The van der Waals surface area contributed by atoms with Crippen LogP contribution in [-0.4, -0.2) is 58.0 Å². The van der Waals surface area contributed by atoms with E-state index < -0.39 is 55.2 Å². The Kier molecular flexibility index (Phi) is 5.55. The fraction of sp³-hybridized carbons (Fsp3) is 0.619. The number of H-pyrrole nitrogens is 1. The van der Waals surface area contributed by atoms with Gasteiger partial charge in [-0.1, -0.05) is 6.07 Å². The maximum atomic E-state index is 13.4. The first kappa shape index (κ1) is 22.0. The van der Waals surface area contributed by atoms with Crippen LogP contribution in [0.25, 0.3) is 11.0 Å². The molecule has 1 aromatic carbocycles. The van der Waals surface area contributed by atoms with E-state index in [-0.39, 0.29) is 11.7 Å². The summed E-state index contributed by atoms with van der Waals surface area (Å²) < 4.78 is 99.9. The number of ether oxygens (including phenoxy) is 1. The fourth-order valence-corrected chi connectivity index (χ4v) is 3.92. The van der Waals surface area contributed by atoms with Gasteiger partial charge >= 0.3 is 18.4 Å². The van der Waals surface area contributed by atoms with Gasteiger partial charge in [0.15, 0.2) is 6.10 Å². The first-order valence-electron chi connectivity index (χ1n) is 11.7. The number of carbonyl (C=O) groups is 1. The van der Waals surface area contributed by atoms with Crippen molar-refractivity contribution in [3.05, 3.63) is 29.6 Å². The number of alkyl halides is 6. The van der Waals surface area contributed by atoms with Gasteiger partial charge in [-0.2, -0.15) is 26.3 Å². The third kappa shape index (κ3) is 4.95. The van der Waals surface area contributed by atoms with Gasteiger partial charge in [-0.3, -0.25) is 0 Å². The van der Waals surface area contributed by atoms with Crippen molar-refractivity contribution in [3.8, 4) is 0 Å². The maximum absolute atomic E-state index is 13.4. The highest BCUT2D eigenvalue weighted by atomic mass is 19.4. The monoisotopic (exact) mass is 495 g/mol. The summed E-state index contributed by atoms with van der Waals surface area (Å²) >= 11 is 0. The molecule has 1 aromatic heterocycles. The Morgan fingerprint density at radius 3 is 2.47 bits per heavy atom. The van der Waals surface area contributed by atoms with E-state index in [1.165, 1.54) is 13.0 Å². The molecule has 2 amide bonds. The number of nitrogens with zero attached hydrogens (tertiary/aromatic N) is 2. The lowest BCUT2D eigenvalue weighted by molar-refractivity contribution is -0.227. The summed E-state index contributed by atoms with van der Waals surface area (Å²) in [6.45, 7) is -0.791. The van der Waals surface area contributed by atoms with E-state index in [9.17, 15) is 31.1 Å². The van der Waals surface area contributed by atoms with E-state index in [0.717, 1.165) is 6.92 Å². The average Bonchev–Trinajstić information content (AvgIpc) is 3.44. The van der Waals surface area contributed by atoms with Gasteiger partial charge < -0.3 is 25.7 Å². The molecule has 13 heteroatoms. The molecule has 34 heavy (non-hydrogen) atoms. The predicted molar refractivity (Wildman–Crippen MR) is 110 cm³/mol. The smallest absolute Gasteiger partial charge is 0.364 e. The van der Waals surface area contributed by atoms with E-state index in [2.05, 4.69) is 9.97 Å². The highest BCUT2D eigenvalue weighted by molar-refractivity contribution is 5.79. The summed E-state index contributed by atoms with van der Waals surface area (Å²) in [4.78, 5) is 20.4. The molecule has 1 saturated carbocycles. The van der Waals surface area contributed by atoms with Crippen LogP contribution in [-0.2, 0) is 4.74 Å². The largest absolute Gasteiger partial charge is 0.414 e. The number of urea groups is 1. The van der Waals surface area contributed by atoms with Crippen molar-refractivity contribution < 1.29 is 38.6 Å². The molecule has 0 spiro atoms. The van der Waals surface area contributed by atoms with E-state index in [0.29, 0.717) is 34.3 Å². The van der Waals surface area contributed by atoms with Gasteiger partial charge in [-0.05, 0) is 50.3 Å². The van der Waals surface area contributed by atoms with Crippen LogP contribution in [0.15, 0.2) is 18.2 Å². The van der Waals surface area contributed by atoms with Crippen LogP contribution in [0, 0.1) is 5.92 Å². The fourth-order valence-electron chi connectivity index (χ4n) is 3.92. The summed E-state index contributed by atoms with van der Waals surface area (Å²) in [5, 5.41) is 1.72. The summed E-state index contributed by atoms with van der Waals surface area (Å²) in [6.07, 6.45) is -11.4. The molecule has 1 saturated heterocycles. The maximum Gasteiger partial charge on any atom is 0.414 e. The second kappa shape index (κ2) is 8.59. The molecule has 5 atom stereocenters. The Morgan fingerprint density at radius 2 is 1.91 bits per heavy atom. The zero-order valence-corrected chi connectivity index (χ0v) is 18.2. The van der Waals surface area contributed by atoms with Gasteiger partial charge in [0.05, 0.1) is 38.5 Å². The number of rotatable bonds is 7. The Bertz CT molecular complexity index is 1140. The zero-order chi connectivity index (χ0) is 26.8. The topological polar surface area (TPSA) is 96.3 Å². The van der Waals surface area contributed by atoms with Gasteiger partial charge in [0, 0.05) is 0 Å². The molecule has 1 aliphatic heterocycles. The molecule has 0 radical (unpaired) electrons. The molecule has 2 aliphatic rings. The van der Waals surface area contributed by atoms with Crippen LogP contribution in [0.5, 0.6) is 0 Å². The van der Waals surface area contributed by atoms with Crippen LogP contribution >= 0.6 is 0 Å². The van der Waals surface area contributed by atoms with Crippen molar-refractivity contribution >= 4 is 17.1 Å². The van der Waals surface area contributed by atoms with Crippen molar-refractivity contribution in [2.75, 3.05) is 6.50 Å². The predicted octanol–water partition coefficient (Wildman–Crippen LogP) is 4.33. The summed E-state index contributed by atoms with van der Waals surface area (Å²) in [7, 11) is 0. The molecule has 2 heterocycles. The summed E-state index contributed by atoms with van der Waals surface area (Å²) in [5.41, 5.74) is 7.21. The van der Waals surface area contributed by atoms with Crippen LogP contribution in [0.1, 0.15) is 52.9 Å². The molecule has 188 valence electrons. The number of nitrogens with one attached hydrogen (secondary N) is 2.